The summed E-state index contributed by atoms with van der Waals surface area (Å²) in [5.74, 6) is 0.438. The van der Waals surface area contributed by atoms with Gasteiger partial charge < -0.3 is 5.73 Å². The van der Waals surface area contributed by atoms with E-state index in [1.807, 2.05) is 0 Å². The number of nitrogens with zero attached hydrogens (tertiary/aromatic N) is 4. The van der Waals surface area contributed by atoms with Crippen molar-refractivity contribution in [2.24, 2.45) is 5.73 Å². The Morgan fingerprint density at radius 2 is 2.32 bits per heavy atom. The molecular formula is C12H13N5O2. The molecule has 1 aromatic carbocycles. The van der Waals surface area contributed by atoms with Crippen LogP contribution in [0.3, 0.4) is 0 Å². The predicted molar refractivity (Wildman–Crippen MR) is 70.3 cm³/mol. The molecule has 7 heteroatoms. The molecule has 0 fully saturated rings. The maximum atomic E-state index is 10.7. The van der Waals surface area contributed by atoms with Gasteiger partial charge in [0.25, 0.3) is 5.69 Å². The Morgan fingerprint density at radius 3 is 3.00 bits per heavy atom. The smallest absolute Gasteiger partial charge is 0.270 e. The van der Waals surface area contributed by atoms with Gasteiger partial charge in [-0.25, -0.2) is 9.67 Å². The summed E-state index contributed by atoms with van der Waals surface area (Å²) in [7, 11) is 0. The molecule has 0 amide bonds. The fourth-order valence-electron chi connectivity index (χ4n) is 1.56. The highest BCUT2D eigenvalue weighted by molar-refractivity contribution is 5.58. The van der Waals surface area contributed by atoms with Gasteiger partial charge in [0.2, 0.25) is 0 Å². The molecule has 19 heavy (non-hydrogen) atoms. The summed E-state index contributed by atoms with van der Waals surface area (Å²) in [5.41, 5.74) is 6.90. The second-order valence-corrected chi connectivity index (χ2v) is 4.03. The number of nitro groups is 1. The molecule has 0 spiro atoms. The Morgan fingerprint density at radius 1 is 1.53 bits per heavy atom. The average molecular weight is 259 g/mol. The van der Waals surface area contributed by atoms with E-state index in [2.05, 4.69) is 16.7 Å². The second kappa shape index (κ2) is 5.40. The maximum Gasteiger partial charge on any atom is 0.270 e. The number of nitrogens with two attached hydrogens (primary N) is 1. The highest BCUT2D eigenvalue weighted by atomic mass is 16.6. The third-order valence-corrected chi connectivity index (χ3v) is 2.53. The number of rotatable bonds is 5. The molecule has 1 aromatic heterocycles. The van der Waals surface area contributed by atoms with E-state index in [-0.39, 0.29) is 5.69 Å². The SMILES string of the molecule is C=C(CN)Cn1cnc(-c2cccc([N+](=O)[O-])c2)n1. The minimum Gasteiger partial charge on any atom is -0.327 e. The summed E-state index contributed by atoms with van der Waals surface area (Å²) in [6.45, 7) is 4.65. The Bertz CT molecular complexity index is 620. The Hall–Kier alpha value is -2.54. The highest BCUT2D eigenvalue weighted by Crippen LogP contribution is 2.20. The summed E-state index contributed by atoms with van der Waals surface area (Å²) in [6.07, 6.45) is 1.55. The number of non-ortho nitro benzene ring substituents is 1. The van der Waals surface area contributed by atoms with Crippen LogP contribution in [0.15, 0.2) is 42.7 Å². The van der Waals surface area contributed by atoms with E-state index in [1.165, 1.54) is 12.1 Å². The molecule has 0 aliphatic heterocycles. The first-order valence-electron chi connectivity index (χ1n) is 5.61. The van der Waals surface area contributed by atoms with Crippen LogP contribution in [0.5, 0.6) is 0 Å². The monoisotopic (exact) mass is 259 g/mol. The van der Waals surface area contributed by atoms with Gasteiger partial charge in [-0.1, -0.05) is 18.7 Å². The molecule has 0 aliphatic rings. The first-order valence-corrected chi connectivity index (χ1v) is 5.61. The lowest BCUT2D eigenvalue weighted by Crippen LogP contribution is -2.09. The topological polar surface area (TPSA) is 99.9 Å². The van der Waals surface area contributed by atoms with Gasteiger partial charge in [-0.3, -0.25) is 10.1 Å². The molecular weight excluding hydrogens is 246 g/mol. The molecule has 0 atom stereocenters. The van der Waals surface area contributed by atoms with Gasteiger partial charge in [0, 0.05) is 24.2 Å². The second-order valence-electron chi connectivity index (χ2n) is 4.03. The lowest BCUT2D eigenvalue weighted by molar-refractivity contribution is -0.384. The van der Waals surface area contributed by atoms with Crippen molar-refractivity contribution >= 4 is 5.69 Å². The highest BCUT2D eigenvalue weighted by Gasteiger charge is 2.10. The Balaban J connectivity index is 2.25. The fourth-order valence-corrected chi connectivity index (χ4v) is 1.56. The summed E-state index contributed by atoms with van der Waals surface area (Å²) < 4.78 is 1.60. The van der Waals surface area contributed by atoms with E-state index >= 15 is 0 Å². The molecule has 0 saturated heterocycles. The van der Waals surface area contributed by atoms with Crippen molar-refractivity contribution in [3.8, 4) is 11.4 Å². The molecule has 7 nitrogen and oxygen atoms in total. The Labute approximate surface area is 109 Å². The third-order valence-electron chi connectivity index (χ3n) is 2.53. The van der Waals surface area contributed by atoms with E-state index in [4.69, 9.17) is 5.73 Å². The lowest BCUT2D eigenvalue weighted by atomic mass is 10.2. The first kappa shape index (κ1) is 12.9. The van der Waals surface area contributed by atoms with Crippen molar-refractivity contribution in [1.82, 2.24) is 14.8 Å². The Kier molecular flexibility index (Phi) is 3.67. The van der Waals surface area contributed by atoms with Crippen LogP contribution in [0.25, 0.3) is 11.4 Å². The molecule has 0 saturated carbocycles. The number of nitro benzene ring substituents is 1. The van der Waals surface area contributed by atoms with Gasteiger partial charge in [-0.2, -0.15) is 5.10 Å². The molecule has 2 N–H and O–H groups in total. The third kappa shape index (κ3) is 3.02. The van der Waals surface area contributed by atoms with E-state index in [9.17, 15) is 10.1 Å². The van der Waals surface area contributed by atoms with Crippen LogP contribution in [0.1, 0.15) is 0 Å². The van der Waals surface area contributed by atoms with Crippen LogP contribution in [-0.4, -0.2) is 26.2 Å². The van der Waals surface area contributed by atoms with Gasteiger partial charge in [0.15, 0.2) is 5.82 Å². The van der Waals surface area contributed by atoms with Crippen LogP contribution < -0.4 is 5.73 Å². The van der Waals surface area contributed by atoms with Gasteiger partial charge in [0.1, 0.15) is 6.33 Å². The minimum atomic E-state index is -0.448. The van der Waals surface area contributed by atoms with Crippen molar-refractivity contribution in [2.45, 2.75) is 6.54 Å². The summed E-state index contributed by atoms with van der Waals surface area (Å²) in [6, 6.07) is 6.20. The zero-order chi connectivity index (χ0) is 13.8. The molecule has 98 valence electrons. The van der Waals surface area contributed by atoms with Crippen LogP contribution in [0.2, 0.25) is 0 Å². The van der Waals surface area contributed by atoms with Crippen molar-refractivity contribution in [3.05, 3.63) is 52.9 Å². The van der Waals surface area contributed by atoms with E-state index in [0.29, 0.717) is 24.5 Å². The molecule has 2 aromatic rings. The average Bonchev–Trinajstić information content (AvgIpc) is 2.87. The van der Waals surface area contributed by atoms with Crippen LogP contribution in [0, 0.1) is 10.1 Å². The lowest BCUT2D eigenvalue weighted by Gasteiger charge is -2.01. The standard InChI is InChI=1S/C12H13N5O2/c1-9(6-13)7-16-8-14-12(15-16)10-3-2-4-11(5-10)17(18)19/h2-5,8H,1,6-7,13H2. The van der Waals surface area contributed by atoms with E-state index in [0.717, 1.165) is 5.57 Å². The van der Waals surface area contributed by atoms with Crippen LogP contribution in [-0.2, 0) is 6.54 Å². The van der Waals surface area contributed by atoms with E-state index < -0.39 is 4.92 Å². The van der Waals surface area contributed by atoms with E-state index in [1.54, 1.807) is 23.1 Å². The molecule has 2 rings (SSSR count). The zero-order valence-electron chi connectivity index (χ0n) is 10.2. The van der Waals surface area contributed by atoms with Gasteiger partial charge >= 0.3 is 0 Å². The number of benzene rings is 1. The van der Waals surface area contributed by atoms with Crippen molar-refractivity contribution in [2.75, 3.05) is 6.54 Å². The summed E-state index contributed by atoms with van der Waals surface area (Å²) >= 11 is 0. The number of aromatic nitrogens is 3. The number of hydrogen-bond donors (Lipinski definition) is 1. The minimum absolute atomic E-state index is 0.0141. The summed E-state index contributed by atoms with van der Waals surface area (Å²) in [5, 5.41) is 14.9. The van der Waals surface area contributed by atoms with Crippen molar-refractivity contribution in [1.29, 1.82) is 0 Å². The largest absolute Gasteiger partial charge is 0.327 e. The molecule has 0 radical (unpaired) electrons. The molecule has 0 aliphatic carbocycles. The van der Waals surface area contributed by atoms with Gasteiger partial charge in [-0.05, 0) is 5.57 Å². The first-order chi connectivity index (χ1) is 9.10. The van der Waals surface area contributed by atoms with Crippen molar-refractivity contribution in [3.63, 3.8) is 0 Å². The fraction of sp³-hybridized carbons (Fsp3) is 0.167. The van der Waals surface area contributed by atoms with Gasteiger partial charge in [0.05, 0.1) is 11.5 Å². The molecule has 0 unspecified atom stereocenters. The van der Waals surface area contributed by atoms with Crippen LogP contribution in [0.4, 0.5) is 5.69 Å². The number of hydrogen-bond acceptors (Lipinski definition) is 5. The predicted octanol–water partition coefficient (Wildman–Crippen LogP) is 1.37. The molecule has 0 bridgehead atoms. The van der Waals surface area contributed by atoms with Gasteiger partial charge in [-0.15, -0.1) is 0 Å². The molecule has 1 heterocycles. The zero-order valence-corrected chi connectivity index (χ0v) is 10.2. The summed E-state index contributed by atoms with van der Waals surface area (Å²) in [4.78, 5) is 14.4. The normalized spacial score (nSPS) is 10.4. The van der Waals surface area contributed by atoms with Crippen molar-refractivity contribution < 1.29 is 4.92 Å². The quantitative estimate of drug-likeness (QED) is 0.496. The van der Waals surface area contributed by atoms with Crippen LogP contribution >= 0.6 is 0 Å². The maximum absolute atomic E-state index is 10.7.